The standard InChI is InChI=1S/C18H20N4O2S/c1-13-5-6-14-3-2-4-16(17(14)21-13)25(23,24)20-10-12-22-11-9-19-18(22)15-7-8-15/h2-6,9,11,15,20H,7-8,10,12H2,1H3. The molecule has 0 amide bonds. The first-order chi connectivity index (χ1) is 12.0. The maximum Gasteiger partial charge on any atom is 0.242 e. The lowest BCUT2D eigenvalue weighted by molar-refractivity contribution is 0.569. The van der Waals surface area contributed by atoms with Gasteiger partial charge in [-0.2, -0.15) is 0 Å². The molecule has 1 aliphatic rings. The summed E-state index contributed by atoms with van der Waals surface area (Å²) >= 11 is 0. The number of imidazole rings is 1. The fourth-order valence-corrected chi connectivity index (χ4v) is 4.22. The van der Waals surface area contributed by atoms with Crippen molar-refractivity contribution in [2.24, 2.45) is 0 Å². The van der Waals surface area contributed by atoms with E-state index in [1.165, 1.54) is 12.8 Å². The number of benzene rings is 1. The van der Waals surface area contributed by atoms with Crippen molar-refractivity contribution >= 4 is 20.9 Å². The largest absolute Gasteiger partial charge is 0.333 e. The van der Waals surface area contributed by atoms with Crippen molar-refractivity contribution in [3.63, 3.8) is 0 Å². The molecule has 3 aromatic rings. The Morgan fingerprint density at radius 3 is 2.88 bits per heavy atom. The molecule has 0 spiro atoms. The topological polar surface area (TPSA) is 76.9 Å². The average Bonchev–Trinajstić information content (AvgIpc) is 3.33. The van der Waals surface area contributed by atoms with Crippen LogP contribution >= 0.6 is 0 Å². The monoisotopic (exact) mass is 356 g/mol. The molecule has 1 N–H and O–H groups in total. The Labute approximate surface area is 147 Å². The fraction of sp³-hybridized carbons (Fsp3) is 0.333. The molecule has 1 saturated carbocycles. The summed E-state index contributed by atoms with van der Waals surface area (Å²) in [6, 6.07) is 8.99. The van der Waals surface area contributed by atoms with Crippen LogP contribution in [0.5, 0.6) is 0 Å². The van der Waals surface area contributed by atoms with Gasteiger partial charge in [-0.15, -0.1) is 0 Å². The Bertz CT molecular complexity index is 1020. The number of rotatable bonds is 6. The minimum Gasteiger partial charge on any atom is -0.333 e. The van der Waals surface area contributed by atoms with E-state index in [-0.39, 0.29) is 4.90 Å². The minimum absolute atomic E-state index is 0.224. The van der Waals surface area contributed by atoms with Crippen LogP contribution in [0.3, 0.4) is 0 Å². The molecule has 0 aliphatic heterocycles. The second kappa shape index (κ2) is 6.24. The van der Waals surface area contributed by atoms with Crippen molar-refractivity contribution in [3.05, 3.63) is 54.2 Å². The van der Waals surface area contributed by atoms with E-state index in [0.29, 0.717) is 24.5 Å². The number of nitrogens with one attached hydrogen (secondary N) is 1. The molecular formula is C18H20N4O2S. The first-order valence-electron chi connectivity index (χ1n) is 8.42. The van der Waals surface area contributed by atoms with Gasteiger partial charge in [0.1, 0.15) is 10.7 Å². The normalized spacial score (nSPS) is 14.9. The number of fused-ring (bicyclic) bond motifs is 1. The zero-order valence-electron chi connectivity index (χ0n) is 14.0. The molecule has 2 heterocycles. The molecule has 25 heavy (non-hydrogen) atoms. The Morgan fingerprint density at radius 1 is 1.24 bits per heavy atom. The fourth-order valence-electron chi connectivity index (χ4n) is 3.02. The highest BCUT2D eigenvalue weighted by Gasteiger charge is 2.27. The van der Waals surface area contributed by atoms with Crippen LogP contribution in [0.15, 0.2) is 47.6 Å². The first kappa shape index (κ1) is 16.2. The van der Waals surface area contributed by atoms with Gasteiger partial charge in [0, 0.05) is 42.5 Å². The predicted molar refractivity (Wildman–Crippen MR) is 95.9 cm³/mol. The third kappa shape index (κ3) is 3.29. The zero-order valence-corrected chi connectivity index (χ0v) is 14.8. The lowest BCUT2D eigenvalue weighted by Gasteiger charge is -2.11. The number of sulfonamides is 1. The van der Waals surface area contributed by atoms with E-state index in [1.807, 2.05) is 35.9 Å². The average molecular weight is 356 g/mol. The number of hydrogen-bond acceptors (Lipinski definition) is 4. The summed E-state index contributed by atoms with van der Waals surface area (Å²) in [7, 11) is -3.62. The van der Waals surface area contributed by atoms with Gasteiger partial charge in [0.15, 0.2) is 0 Å². The Balaban J connectivity index is 1.54. The molecule has 130 valence electrons. The summed E-state index contributed by atoms with van der Waals surface area (Å²) in [5.41, 5.74) is 1.30. The molecule has 0 bridgehead atoms. The van der Waals surface area contributed by atoms with E-state index in [9.17, 15) is 8.42 Å². The highest BCUT2D eigenvalue weighted by molar-refractivity contribution is 7.89. The van der Waals surface area contributed by atoms with Crippen LogP contribution in [-0.2, 0) is 16.6 Å². The van der Waals surface area contributed by atoms with E-state index in [2.05, 4.69) is 14.7 Å². The molecule has 4 rings (SSSR count). The van der Waals surface area contributed by atoms with Gasteiger partial charge >= 0.3 is 0 Å². The Hall–Kier alpha value is -2.25. The van der Waals surface area contributed by atoms with E-state index < -0.39 is 10.0 Å². The predicted octanol–water partition coefficient (Wildman–Crippen LogP) is 2.60. The second-order valence-electron chi connectivity index (χ2n) is 6.43. The van der Waals surface area contributed by atoms with Gasteiger partial charge in [0.05, 0.1) is 5.52 Å². The summed E-state index contributed by atoms with van der Waals surface area (Å²) in [4.78, 5) is 9.01. The zero-order chi connectivity index (χ0) is 17.4. The molecule has 1 aliphatic carbocycles. The molecule has 0 radical (unpaired) electrons. The van der Waals surface area contributed by atoms with Crippen LogP contribution in [0.4, 0.5) is 0 Å². The Kier molecular flexibility index (Phi) is 4.05. The van der Waals surface area contributed by atoms with Crippen LogP contribution in [-0.4, -0.2) is 29.5 Å². The lowest BCUT2D eigenvalue weighted by atomic mass is 10.2. The van der Waals surface area contributed by atoms with E-state index in [4.69, 9.17) is 0 Å². The number of pyridine rings is 1. The molecular weight excluding hydrogens is 336 g/mol. The van der Waals surface area contributed by atoms with Crippen molar-refractivity contribution in [3.8, 4) is 0 Å². The molecule has 0 unspecified atom stereocenters. The van der Waals surface area contributed by atoms with Gasteiger partial charge in [-0.1, -0.05) is 18.2 Å². The third-order valence-corrected chi connectivity index (χ3v) is 5.94. The van der Waals surface area contributed by atoms with Gasteiger partial charge < -0.3 is 4.57 Å². The van der Waals surface area contributed by atoms with Crippen LogP contribution in [0.2, 0.25) is 0 Å². The van der Waals surface area contributed by atoms with Crippen molar-refractivity contribution in [1.29, 1.82) is 0 Å². The summed E-state index contributed by atoms with van der Waals surface area (Å²) < 4.78 is 30.2. The molecule has 2 aromatic heterocycles. The summed E-state index contributed by atoms with van der Waals surface area (Å²) in [6.45, 7) is 2.75. The lowest BCUT2D eigenvalue weighted by Crippen LogP contribution is -2.28. The van der Waals surface area contributed by atoms with Crippen LogP contribution in [0.25, 0.3) is 10.9 Å². The van der Waals surface area contributed by atoms with Crippen molar-refractivity contribution in [2.45, 2.75) is 37.1 Å². The van der Waals surface area contributed by atoms with E-state index in [1.54, 1.807) is 18.3 Å². The van der Waals surface area contributed by atoms with Crippen LogP contribution < -0.4 is 4.72 Å². The quantitative estimate of drug-likeness (QED) is 0.736. The molecule has 6 nitrogen and oxygen atoms in total. The van der Waals surface area contributed by atoms with Gasteiger partial charge in [0.2, 0.25) is 10.0 Å². The van der Waals surface area contributed by atoms with Gasteiger partial charge in [-0.3, -0.25) is 4.98 Å². The smallest absolute Gasteiger partial charge is 0.242 e. The van der Waals surface area contributed by atoms with Gasteiger partial charge in [-0.05, 0) is 31.9 Å². The second-order valence-corrected chi connectivity index (χ2v) is 8.17. The summed E-state index contributed by atoms with van der Waals surface area (Å²) in [5.74, 6) is 1.60. The van der Waals surface area contributed by atoms with Crippen LogP contribution in [0, 0.1) is 6.92 Å². The van der Waals surface area contributed by atoms with Gasteiger partial charge in [-0.25, -0.2) is 18.1 Å². The third-order valence-electron chi connectivity index (χ3n) is 4.45. The number of para-hydroxylation sites is 1. The number of aromatic nitrogens is 3. The maximum absolute atomic E-state index is 12.7. The highest BCUT2D eigenvalue weighted by atomic mass is 32.2. The van der Waals surface area contributed by atoms with E-state index in [0.717, 1.165) is 16.9 Å². The van der Waals surface area contributed by atoms with Gasteiger partial charge in [0.25, 0.3) is 0 Å². The van der Waals surface area contributed by atoms with Crippen LogP contribution in [0.1, 0.15) is 30.3 Å². The van der Waals surface area contributed by atoms with Crippen molar-refractivity contribution in [1.82, 2.24) is 19.3 Å². The summed E-state index contributed by atoms with van der Waals surface area (Å²) in [6.07, 6.45) is 6.03. The number of nitrogens with zero attached hydrogens (tertiary/aromatic N) is 3. The van der Waals surface area contributed by atoms with E-state index >= 15 is 0 Å². The molecule has 7 heteroatoms. The van der Waals surface area contributed by atoms with Crippen molar-refractivity contribution in [2.75, 3.05) is 6.54 Å². The molecule has 0 atom stereocenters. The maximum atomic E-state index is 12.7. The molecule has 1 fully saturated rings. The summed E-state index contributed by atoms with van der Waals surface area (Å²) in [5, 5.41) is 0.819. The number of hydrogen-bond donors (Lipinski definition) is 1. The highest BCUT2D eigenvalue weighted by Crippen LogP contribution is 2.38. The molecule has 1 aromatic carbocycles. The van der Waals surface area contributed by atoms with Crippen molar-refractivity contribution < 1.29 is 8.42 Å². The minimum atomic E-state index is -3.62. The SMILES string of the molecule is Cc1ccc2cccc(S(=O)(=O)NCCn3ccnc3C3CC3)c2n1. The number of aryl methyl sites for hydroxylation is 1. The molecule has 0 saturated heterocycles. The Morgan fingerprint density at radius 2 is 2.08 bits per heavy atom. The first-order valence-corrected chi connectivity index (χ1v) is 9.90.